The number of likely N-dealkylation sites (tertiary alicyclic amines) is 1. The Morgan fingerprint density at radius 2 is 2.00 bits per heavy atom. The molecule has 118 valence electrons. The van der Waals surface area contributed by atoms with E-state index < -0.39 is 0 Å². The molecule has 2 fully saturated rings. The molecule has 1 amide bonds. The first-order chi connectivity index (χ1) is 10.8. The van der Waals surface area contributed by atoms with Gasteiger partial charge >= 0.3 is 0 Å². The lowest BCUT2D eigenvalue weighted by atomic mass is 10.0. The first kappa shape index (κ1) is 15.2. The molecule has 22 heavy (non-hydrogen) atoms. The Labute approximate surface area is 129 Å². The van der Waals surface area contributed by atoms with Crippen LogP contribution in [-0.4, -0.2) is 42.9 Å². The average molecular weight is 305 g/mol. The topological polar surface area (TPSA) is 38.8 Å². The van der Waals surface area contributed by atoms with Crippen LogP contribution < -0.4 is 0 Å². The average Bonchev–Trinajstić information content (AvgIpc) is 3.08. The van der Waals surface area contributed by atoms with Gasteiger partial charge in [0.15, 0.2) is 6.29 Å². The smallest absolute Gasteiger partial charge is 0.247 e. The molecule has 0 bridgehead atoms. The quantitative estimate of drug-likeness (QED) is 0.806. The Morgan fingerprint density at radius 3 is 2.77 bits per heavy atom. The van der Waals surface area contributed by atoms with Gasteiger partial charge in [-0.15, -0.1) is 0 Å². The largest absolute Gasteiger partial charge is 0.348 e. The van der Waals surface area contributed by atoms with Crippen molar-refractivity contribution in [3.8, 4) is 0 Å². The van der Waals surface area contributed by atoms with Crippen LogP contribution in [0.25, 0.3) is 6.08 Å². The van der Waals surface area contributed by atoms with E-state index in [0.717, 1.165) is 19.3 Å². The summed E-state index contributed by atoms with van der Waals surface area (Å²) < 4.78 is 24.7. The Hall–Kier alpha value is -1.72. The maximum atomic E-state index is 13.6. The number of hydrogen-bond acceptors (Lipinski definition) is 3. The number of piperidine rings is 1. The summed E-state index contributed by atoms with van der Waals surface area (Å²) >= 11 is 0. The number of halogens is 1. The molecule has 0 spiro atoms. The van der Waals surface area contributed by atoms with Crippen LogP contribution in [0.2, 0.25) is 0 Å². The molecule has 0 saturated carbocycles. The second kappa shape index (κ2) is 7.03. The zero-order valence-corrected chi connectivity index (χ0v) is 12.4. The molecule has 2 aliphatic heterocycles. The van der Waals surface area contributed by atoms with E-state index in [1.54, 1.807) is 23.1 Å². The zero-order valence-electron chi connectivity index (χ0n) is 12.4. The third kappa shape index (κ3) is 3.36. The predicted octanol–water partition coefficient (Wildman–Crippen LogP) is 2.59. The highest BCUT2D eigenvalue weighted by molar-refractivity contribution is 5.92. The molecular weight excluding hydrogens is 285 g/mol. The van der Waals surface area contributed by atoms with Crippen LogP contribution in [0.3, 0.4) is 0 Å². The SMILES string of the molecule is O=C(/C=C/c1ccccc1F)N1CCCCC1C1OCCO1. The molecule has 0 radical (unpaired) electrons. The molecule has 1 aromatic rings. The molecule has 2 aliphatic rings. The standard InChI is InChI=1S/C17H20FNO3/c18-14-6-2-1-5-13(14)8-9-16(20)19-10-4-3-7-15(19)17-21-11-12-22-17/h1-2,5-6,8-9,15,17H,3-4,7,10-12H2/b9-8+. The van der Waals surface area contributed by atoms with Crippen LogP contribution >= 0.6 is 0 Å². The van der Waals surface area contributed by atoms with Gasteiger partial charge < -0.3 is 14.4 Å². The van der Waals surface area contributed by atoms with Crippen molar-refractivity contribution in [1.29, 1.82) is 0 Å². The van der Waals surface area contributed by atoms with E-state index in [-0.39, 0.29) is 24.1 Å². The van der Waals surface area contributed by atoms with E-state index in [1.165, 1.54) is 18.2 Å². The maximum absolute atomic E-state index is 13.6. The van der Waals surface area contributed by atoms with Gasteiger partial charge in [0.1, 0.15) is 5.82 Å². The molecule has 1 unspecified atom stereocenters. The summed E-state index contributed by atoms with van der Waals surface area (Å²) in [6.45, 7) is 1.84. The summed E-state index contributed by atoms with van der Waals surface area (Å²) in [4.78, 5) is 14.2. The number of hydrogen-bond donors (Lipinski definition) is 0. The normalized spacial score (nSPS) is 23.3. The molecule has 0 N–H and O–H groups in total. The second-order valence-corrected chi connectivity index (χ2v) is 5.56. The maximum Gasteiger partial charge on any atom is 0.247 e. The summed E-state index contributed by atoms with van der Waals surface area (Å²) in [6.07, 6.45) is 5.55. The van der Waals surface area contributed by atoms with Crippen molar-refractivity contribution in [3.05, 3.63) is 41.7 Å². The van der Waals surface area contributed by atoms with Crippen LogP contribution in [0.15, 0.2) is 30.3 Å². The van der Waals surface area contributed by atoms with Crippen molar-refractivity contribution in [2.75, 3.05) is 19.8 Å². The molecule has 0 aliphatic carbocycles. The van der Waals surface area contributed by atoms with Gasteiger partial charge in [-0.3, -0.25) is 4.79 Å². The van der Waals surface area contributed by atoms with Gasteiger partial charge in [-0.25, -0.2) is 4.39 Å². The van der Waals surface area contributed by atoms with Crippen LogP contribution in [0, 0.1) is 5.82 Å². The molecule has 2 saturated heterocycles. The molecule has 2 heterocycles. The summed E-state index contributed by atoms with van der Waals surface area (Å²) in [5.74, 6) is -0.448. The van der Waals surface area contributed by atoms with Crippen molar-refractivity contribution in [3.63, 3.8) is 0 Å². The van der Waals surface area contributed by atoms with Crippen molar-refractivity contribution in [2.24, 2.45) is 0 Å². The Bertz CT molecular complexity index is 555. The minimum absolute atomic E-state index is 0.0472. The lowest BCUT2D eigenvalue weighted by molar-refractivity contribution is -0.145. The number of carbonyl (C=O) groups excluding carboxylic acids is 1. The van der Waals surface area contributed by atoms with Crippen molar-refractivity contribution < 1.29 is 18.7 Å². The minimum Gasteiger partial charge on any atom is -0.348 e. The van der Waals surface area contributed by atoms with Gasteiger partial charge in [-0.2, -0.15) is 0 Å². The molecular formula is C17H20FNO3. The van der Waals surface area contributed by atoms with E-state index in [4.69, 9.17) is 9.47 Å². The molecule has 0 aromatic heterocycles. The molecule has 1 atom stereocenters. The lowest BCUT2D eigenvalue weighted by Crippen LogP contribution is -2.49. The summed E-state index contributed by atoms with van der Waals surface area (Å²) in [6, 6.07) is 6.36. The van der Waals surface area contributed by atoms with Gasteiger partial charge in [-0.1, -0.05) is 18.2 Å². The lowest BCUT2D eigenvalue weighted by Gasteiger charge is -2.37. The molecule has 5 heteroatoms. The predicted molar refractivity (Wildman–Crippen MR) is 80.5 cm³/mol. The summed E-state index contributed by atoms with van der Waals surface area (Å²) in [5, 5.41) is 0. The molecule has 4 nitrogen and oxygen atoms in total. The van der Waals surface area contributed by atoms with Crippen LogP contribution in [-0.2, 0) is 14.3 Å². The van der Waals surface area contributed by atoms with E-state index in [0.29, 0.717) is 25.3 Å². The molecule has 3 rings (SSSR count). The van der Waals surface area contributed by atoms with Gasteiger partial charge in [0.2, 0.25) is 5.91 Å². The number of carbonyl (C=O) groups is 1. The minimum atomic E-state index is -0.329. The number of amides is 1. The first-order valence-electron chi connectivity index (χ1n) is 7.72. The number of ether oxygens (including phenoxy) is 2. The van der Waals surface area contributed by atoms with Gasteiger partial charge in [0.05, 0.1) is 19.3 Å². The van der Waals surface area contributed by atoms with Crippen LogP contribution in [0.5, 0.6) is 0 Å². The van der Waals surface area contributed by atoms with Crippen LogP contribution in [0.1, 0.15) is 24.8 Å². The zero-order chi connectivity index (χ0) is 15.4. The summed E-state index contributed by atoms with van der Waals surface area (Å²) in [7, 11) is 0. The highest BCUT2D eigenvalue weighted by atomic mass is 19.1. The fraction of sp³-hybridized carbons (Fsp3) is 0.471. The highest BCUT2D eigenvalue weighted by Crippen LogP contribution is 2.24. The van der Waals surface area contributed by atoms with Crippen LogP contribution in [0.4, 0.5) is 4.39 Å². The second-order valence-electron chi connectivity index (χ2n) is 5.56. The molecule has 1 aromatic carbocycles. The Balaban J connectivity index is 1.70. The van der Waals surface area contributed by atoms with Crippen molar-refractivity contribution >= 4 is 12.0 Å². The van der Waals surface area contributed by atoms with E-state index >= 15 is 0 Å². The van der Waals surface area contributed by atoms with E-state index in [1.807, 2.05) is 0 Å². The Morgan fingerprint density at radius 1 is 1.23 bits per heavy atom. The first-order valence-corrected chi connectivity index (χ1v) is 7.72. The van der Waals surface area contributed by atoms with E-state index in [2.05, 4.69) is 0 Å². The van der Waals surface area contributed by atoms with Crippen molar-refractivity contribution in [1.82, 2.24) is 4.90 Å². The van der Waals surface area contributed by atoms with E-state index in [9.17, 15) is 9.18 Å². The number of rotatable bonds is 3. The monoisotopic (exact) mass is 305 g/mol. The fourth-order valence-electron chi connectivity index (χ4n) is 2.98. The van der Waals surface area contributed by atoms with Gasteiger partial charge in [0.25, 0.3) is 0 Å². The van der Waals surface area contributed by atoms with Gasteiger partial charge in [-0.05, 0) is 31.4 Å². The third-order valence-corrected chi connectivity index (χ3v) is 4.10. The summed E-state index contributed by atoms with van der Waals surface area (Å²) in [5.41, 5.74) is 0.415. The number of benzene rings is 1. The Kier molecular flexibility index (Phi) is 4.85. The van der Waals surface area contributed by atoms with Crippen molar-refractivity contribution in [2.45, 2.75) is 31.6 Å². The third-order valence-electron chi connectivity index (χ3n) is 4.10. The number of nitrogens with zero attached hydrogens (tertiary/aromatic N) is 1. The fourth-order valence-corrected chi connectivity index (χ4v) is 2.98. The van der Waals surface area contributed by atoms with Gasteiger partial charge in [0, 0.05) is 18.2 Å². The highest BCUT2D eigenvalue weighted by Gasteiger charge is 2.35.